The molecule has 1 aliphatic heterocycles. The first-order valence-electron chi connectivity index (χ1n) is 5.23. The highest BCUT2D eigenvalue weighted by atomic mass is 16.5. The van der Waals surface area contributed by atoms with E-state index >= 15 is 0 Å². The van der Waals surface area contributed by atoms with Gasteiger partial charge in [0.05, 0.1) is 11.8 Å². The number of fused-ring (bicyclic) bond motifs is 2. The van der Waals surface area contributed by atoms with E-state index in [9.17, 15) is 4.79 Å². The minimum absolute atomic E-state index is 0.0451. The predicted octanol–water partition coefficient (Wildman–Crippen LogP) is 3.03. The van der Waals surface area contributed by atoms with Gasteiger partial charge in [-0.25, -0.2) is 0 Å². The smallest absolute Gasteiger partial charge is 0.197 e. The van der Waals surface area contributed by atoms with Crippen LogP contribution >= 0.6 is 0 Å². The standard InChI is InChI=1S/C14H10O2/c15-14-11-6-2-1-5-10(11)9-16-13-8-4-3-7-12(13)14/h1-4,6-9H,5H2. The van der Waals surface area contributed by atoms with Gasteiger partial charge in [0.2, 0.25) is 0 Å². The van der Waals surface area contributed by atoms with Crippen LogP contribution in [0.5, 0.6) is 5.75 Å². The quantitative estimate of drug-likeness (QED) is 0.658. The molecule has 2 aliphatic rings. The molecule has 0 amide bonds. The fourth-order valence-corrected chi connectivity index (χ4v) is 1.95. The van der Waals surface area contributed by atoms with Crippen LogP contribution in [0.4, 0.5) is 0 Å². The van der Waals surface area contributed by atoms with Gasteiger partial charge in [0.15, 0.2) is 5.78 Å². The van der Waals surface area contributed by atoms with Gasteiger partial charge >= 0.3 is 0 Å². The molecule has 0 N–H and O–H groups in total. The molecule has 2 nitrogen and oxygen atoms in total. The third-order valence-corrected chi connectivity index (χ3v) is 2.79. The topological polar surface area (TPSA) is 26.3 Å². The summed E-state index contributed by atoms with van der Waals surface area (Å²) in [6.45, 7) is 0. The van der Waals surface area contributed by atoms with E-state index in [-0.39, 0.29) is 5.78 Å². The van der Waals surface area contributed by atoms with Gasteiger partial charge in [-0.15, -0.1) is 0 Å². The summed E-state index contributed by atoms with van der Waals surface area (Å²) in [6.07, 6.45) is 8.22. The molecule has 3 rings (SSSR count). The predicted molar refractivity (Wildman–Crippen MR) is 61.3 cm³/mol. The molecule has 2 heteroatoms. The van der Waals surface area contributed by atoms with Crippen molar-refractivity contribution < 1.29 is 9.53 Å². The SMILES string of the molecule is O=C1C2=CC=CCC2=COc2ccccc21. The molecule has 1 heterocycles. The van der Waals surface area contributed by atoms with Gasteiger partial charge in [-0.2, -0.15) is 0 Å². The van der Waals surface area contributed by atoms with Crippen molar-refractivity contribution in [3.8, 4) is 5.75 Å². The van der Waals surface area contributed by atoms with Crippen LogP contribution in [0, 0.1) is 0 Å². The summed E-state index contributed by atoms with van der Waals surface area (Å²) in [5.41, 5.74) is 2.33. The van der Waals surface area contributed by atoms with E-state index < -0.39 is 0 Å². The van der Waals surface area contributed by atoms with Gasteiger partial charge in [0, 0.05) is 11.1 Å². The van der Waals surface area contributed by atoms with Gasteiger partial charge in [0.25, 0.3) is 0 Å². The Kier molecular flexibility index (Phi) is 2.00. The van der Waals surface area contributed by atoms with Crippen molar-refractivity contribution in [3.05, 3.63) is 65.5 Å². The molecule has 0 saturated carbocycles. The Morgan fingerprint density at radius 2 is 2.06 bits per heavy atom. The van der Waals surface area contributed by atoms with E-state index in [1.807, 2.05) is 36.4 Å². The minimum atomic E-state index is 0.0451. The van der Waals surface area contributed by atoms with Crippen LogP contribution in [-0.2, 0) is 0 Å². The van der Waals surface area contributed by atoms with Crippen molar-refractivity contribution in [1.29, 1.82) is 0 Å². The van der Waals surface area contributed by atoms with Gasteiger partial charge in [0.1, 0.15) is 5.75 Å². The van der Waals surface area contributed by atoms with Gasteiger partial charge in [-0.05, 0) is 18.6 Å². The first kappa shape index (κ1) is 9.16. The van der Waals surface area contributed by atoms with E-state index in [4.69, 9.17) is 4.74 Å². The number of allylic oxidation sites excluding steroid dienone is 5. The van der Waals surface area contributed by atoms with Crippen molar-refractivity contribution in [2.75, 3.05) is 0 Å². The molecule has 1 aromatic carbocycles. The second-order valence-electron chi connectivity index (χ2n) is 3.80. The molecule has 1 aromatic rings. The lowest BCUT2D eigenvalue weighted by atomic mass is 9.93. The Bertz CT molecular complexity index is 548. The summed E-state index contributed by atoms with van der Waals surface area (Å²) in [7, 11) is 0. The molecule has 0 unspecified atom stereocenters. The summed E-state index contributed by atoms with van der Waals surface area (Å²) in [5.74, 6) is 0.680. The maximum Gasteiger partial charge on any atom is 0.197 e. The molecule has 16 heavy (non-hydrogen) atoms. The maximum absolute atomic E-state index is 12.2. The number of hydrogen-bond donors (Lipinski definition) is 0. The lowest BCUT2D eigenvalue weighted by molar-refractivity contribution is 0.103. The van der Waals surface area contributed by atoms with E-state index in [1.54, 1.807) is 12.3 Å². The summed E-state index contributed by atoms with van der Waals surface area (Å²) in [4.78, 5) is 12.2. The molecule has 1 aliphatic carbocycles. The van der Waals surface area contributed by atoms with Crippen LogP contribution in [0.3, 0.4) is 0 Å². The fraction of sp³-hybridized carbons (Fsp3) is 0.0714. The van der Waals surface area contributed by atoms with E-state index in [0.717, 1.165) is 17.6 Å². The number of ketones is 1. The zero-order chi connectivity index (χ0) is 11.0. The molecule has 0 radical (unpaired) electrons. The Morgan fingerprint density at radius 3 is 3.00 bits per heavy atom. The van der Waals surface area contributed by atoms with Crippen molar-refractivity contribution in [1.82, 2.24) is 0 Å². The molecule has 0 fully saturated rings. The largest absolute Gasteiger partial charge is 0.464 e. The Morgan fingerprint density at radius 1 is 1.19 bits per heavy atom. The molecule has 0 atom stereocenters. The Hall–Kier alpha value is -2.09. The second kappa shape index (κ2) is 3.49. The van der Waals surface area contributed by atoms with Crippen LogP contribution in [0.2, 0.25) is 0 Å². The average molecular weight is 210 g/mol. The van der Waals surface area contributed by atoms with Gasteiger partial charge < -0.3 is 4.74 Å². The third kappa shape index (κ3) is 1.31. The first-order valence-corrected chi connectivity index (χ1v) is 5.23. The second-order valence-corrected chi connectivity index (χ2v) is 3.80. The monoisotopic (exact) mass is 210 g/mol. The number of para-hydroxylation sites is 1. The molecule has 78 valence electrons. The van der Waals surface area contributed by atoms with Crippen molar-refractivity contribution in [3.63, 3.8) is 0 Å². The van der Waals surface area contributed by atoms with Crippen LogP contribution in [0.15, 0.2) is 59.9 Å². The van der Waals surface area contributed by atoms with Gasteiger partial charge in [-0.3, -0.25) is 4.79 Å². The zero-order valence-corrected chi connectivity index (χ0v) is 8.64. The molecular weight excluding hydrogens is 200 g/mol. The zero-order valence-electron chi connectivity index (χ0n) is 8.64. The van der Waals surface area contributed by atoms with Crippen LogP contribution in [0.1, 0.15) is 16.8 Å². The number of ether oxygens (including phenoxy) is 1. The normalized spacial score (nSPS) is 17.6. The number of benzene rings is 1. The number of hydrogen-bond acceptors (Lipinski definition) is 2. The maximum atomic E-state index is 12.2. The van der Waals surface area contributed by atoms with Crippen molar-refractivity contribution in [2.45, 2.75) is 6.42 Å². The lowest BCUT2D eigenvalue weighted by Gasteiger charge is -2.08. The van der Waals surface area contributed by atoms with Crippen LogP contribution < -0.4 is 4.74 Å². The summed E-state index contributed by atoms with van der Waals surface area (Å²) in [5, 5.41) is 0. The summed E-state index contributed by atoms with van der Waals surface area (Å²) < 4.78 is 5.53. The fourth-order valence-electron chi connectivity index (χ4n) is 1.95. The molecule has 0 saturated heterocycles. The lowest BCUT2D eigenvalue weighted by Crippen LogP contribution is -2.05. The van der Waals surface area contributed by atoms with E-state index in [1.165, 1.54) is 0 Å². The number of rotatable bonds is 0. The van der Waals surface area contributed by atoms with Crippen LogP contribution in [0.25, 0.3) is 0 Å². The number of carbonyl (C=O) groups is 1. The first-order chi connectivity index (χ1) is 7.86. The molecule has 0 aromatic heterocycles. The molecule has 0 bridgehead atoms. The molecule has 0 spiro atoms. The number of carbonyl (C=O) groups excluding carboxylic acids is 1. The number of Topliss-reactive ketones (excluding diaryl/α,β-unsaturated/α-hetero) is 1. The highest BCUT2D eigenvalue weighted by molar-refractivity contribution is 6.13. The molecular formula is C14H10O2. The van der Waals surface area contributed by atoms with E-state index in [2.05, 4.69) is 0 Å². The third-order valence-electron chi connectivity index (χ3n) is 2.79. The van der Waals surface area contributed by atoms with Crippen LogP contribution in [-0.4, -0.2) is 5.78 Å². The minimum Gasteiger partial charge on any atom is -0.464 e. The summed E-state index contributed by atoms with van der Waals surface area (Å²) >= 11 is 0. The summed E-state index contributed by atoms with van der Waals surface area (Å²) in [6, 6.07) is 7.33. The van der Waals surface area contributed by atoms with Gasteiger partial charge in [-0.1, -0.05) is 30.4 Å². The van der Waals surface area contributed by atoms with Crippen molar-refractivity contribution in [2.24, 2.45) is 0 Å². The highest BCUT2D eigenvalue weighted by Gasteiger charge is 2.23. The highest BCUT2D eigenvalue weighted by Crippen LogP contribution is 2.31. The van der Waals surface area contributed by atoms with E-state index in [0.29, 0.717) is 11.3 Å². The Balaban J connectivity index is 2.19. The van der Waals surface area contributed by atoms with Crippen molar-refractivity contribution >= 4 is 5.78 Å². The average Bonchev–Trinajstić information content (AvgIpc) is 2.49. The Labute approximate surface area is 93.5 Å².